The first-order valence-electron chi connectivity index (χ1n) is 6.43. The average molecular weight is 284 g/mol. The zero-order valence-corrected chi connectivity index (χ0v) is 12.1. The standard InChI is InChI=1S/C12H20N4O2S/c1-3-5-7-15-12(18)10-8(13)9(16-19-10)11(17)14-6-4-2/h3-7,13H2,1-2H3,(H,14,17)(H,15,18). The van der Waals surface area contributed by atoms with Crippen molar-refractivity contribution < 1.29 is 9.59 Å². The summed E-state index contributed by atoms with van der Waals surface area (Å²) in [6.07, 6.45) is 2.75. The van der Waals surface area contributed by atoms with Gasteiger partial charge >= 0.3 is 0 Å². The molecule has 1 rings (SSSR count). The fourth-order valence-corrected chi connectivity index (χ4v) is 2.12. The third-order valence-corrected chi connectivity index (χ3v) is 3.36. The fraction of sp³-hybridized carbons (Fsp3) is 0.583. The van der Waals surface area contributed by atoms with Gasteiger partial charge < -0.3 is 16.4 Å². The molecule has 0 radical (unpaired) electrons. The van der Waals surface area contributed by atoms with Gasteiger partial charge in [-0.25, -0.2) is 0 Å². The lowest BCUT2D eigenvalue weighted by Crippen LogP contribution is -2.26. The van der Waals surface area contributed by atoms with Crippen LogP contribution in [0.15, 0.2) is 0 Å². The normalized spacial score (nSPS) is 10.2. The number of hydrogen-bond donors (Lipinski definition) is 3. The number of unbranched alkanes of at least 4 members (excludes halogenated alkanes) is 1. The van der Waals surface area contributed by atoms with E-state index >= 15 is 0 Å². The number of hydrogen-bond acceptors (Lipinski definition) is 5. The van der Waals surface area contributed by atoms with E-state index in [0.29, 0.717) is 18.0 Å². The number of nitrogens with one attached hydrogen (secondary N) is 2. The molecule has 106 valence electrons. The number of amides is 2. The maximum atomic E-state index is 11.8. The lowest BCUT2D eigenvalue weighted by molar-refractivity contribution is 0.0949. The van der Waals surface area contributed by atoms with Crippen LogP contribution in [-0.4, -0.2) is 29.3 Å². The summed E-state index contributed by atoms with van der Waals surface area (Å²) in [4.78, 5) is 23.9. The Morgan fingerprint density at radius 3 is 2.47 bits per heavy atom. The van der Waals surface area contributed by atoms with E-state index in [1.165, 1.54) is 0 Å². The monoisotopic (exact) mass is 284 g/mol. The molecule has 0 unspecified atom stereocenters. The van der Waals surface area contributed by atoms with E-state index in [-0.39, 0.29) is 23.2 Å². The number of aromatic nitrogens is 1. The second kappa shape index (κ2) is 7.73. The molecule has 6 nitrogen and oxygen atoms in total. The smallest absolute Gasteiger partial charge is 0.273 e. The summed E-state index contributed by atoms with van der Waals surface area (Å²) in [6.45, 7) is 5.17. The van der Waals surface area contributed by atoms with Gasteiger partial charge in [-0.05, 0) is 24.4 Å². The highest BCUT2D eigenvalue weighted by molar-refractivity contribution is 7.09. The molecular weight excluding hydrogens is 264 g/mol. The first kappa shape index (κ1) is 15.4. The predicted octanol–water partition coefficient (Wildman–Crippen LogP) is 1.40. The van der Waals surface area contributed by atoms with E-state index in [2.05, 4.69) is 15.0 Å². The van der Waals surface area contributed by atoms with Crippen LogP contribution in [0.4, 0.5) is 5.69 Å². The Labute approximate surface area is 116 Å². The predicted molar refractivity (Wildman–Crippen MR) is 76.4 cm³/mol. The first-order chi connectivity index (χ1) is 9.11. The minimum absolute atomic E-state index is 0.138. The van der Waals surface area contributed by atoms with Gasteiger partial charge in [0.2, 0.25) is 0 Å². The molecule has 4 N–H and O–H groups in total. The Bertz CT molecular complexity index is 445. The topological polar surface area (TPSA) is 97.1 Å². The summed E-state index contributed by atoms with van der Waals surface area (Å²) in [5.74, 6) is -0.596. The average Bonchev–Trinajstić information content (AvgIpc) is 2.78. The molecule has 0 saturated heterocycles. The Morgan fingerprint density at radius 1 is 1.16 bits per heavy atom. The molecule has 1 aromatic heterocycles. The Kier molecular flexibility index (Phi) is 6.27. The van der Waals surface area contributed by atoms with Gasteiger partial charge in [-0.2, -0.15) is 4.37 Å². The maximum absolute atomic E-state index is 11.8. The maximum Gasteiger partial charge on any atom is 0.273 e. The third-order valence-electron chi connectivity index (χ3n) is 2.50. The second-order valence-corrected chi connectivity index (χ2v) is 4.91. The summed E-state index contributed by atoms with van der Waals surface area (Å²) in [5.41, 5.74) is 6.11. The van der Waals surface area contributed by atoms with Crippen LogP contribution in [0, 0.1) is 0 Å². The molecule has 1 aromatic rings. The van der Waals surface area contributed by atoms with E-state index in [4.69, 9.17) is 5.73 Å². The SMILES string of the molecule is CCCCNC(=O)c1snc(C(=O)NCCC)c1N. The number of carbonyl (C=O) groups excluding carboxylic acids is 2. The number of nitrogens with zero attached hydrogens (tertiary/aromatic N) is 1. The summed E-state index contributed by atoms with van der Waals surface area (Å²) >= 11 is 0.956. The van der Waals surface area contributed by atoms with Crippen LogP contribution >= 0.6 is 11.5 Å². The van der Waals surface area contributed by atoms with Gasteiger partial charge in [0.15, 0.2) is 5.69 Å². The highest BCUT2D eigenvalue weighted by atomic mass is 32.1. The van der Waals surface area contributed by atoms with Gasteiger partial charge in [-0.3, -0.25) is 9.59 Å². The summed E-state index contributed by atoms with van der Waals surface area (Å²) in [6, 6.07) is 0. The number of nitrogen functional groups attached to an aromatic ring is 1. The molecule has 19 heavy (non-hydrogen) atoms. The van der Waals surface area contributed by atoms with Crippen molar-refractivity contribution in [3.05, 3.63) is 10.6 Å². The molecule has 0 aromatic carbocycles. The van der Waals surface area contributed by atoms with Crippen molar-refractivity contribution in [2.75, 3.05) is 18.8 Å². The molecule has 0 aliphatic heterocycles. The molecule has 0 bridgehead atoms. The van der Waals surface area contributed by atoms with Crippen molar-refractivity contribution in [1.82, 2.24) is 15.0 Å². The number of carbonyl (C=O) groups is 2. The van der Waals surface area contributed by atoms with Crippen molar-refractivity contribution in [1.29, 1.82) is 0 Å². The quantitative estimate of drug-likeness (QED) is 0.659. The minimum atomic E-state index is -0.330. The van der Waals surface area contributed by atoms with Crippen molar-refractivity contribution >= 4 is 29.0 Å². The zero-order valence-electron chi connectivity index (χ0n) is 11.3. The molecule has 2 amide bonds. The van der Waals surface area contributed by atoms with E-state index in [1.54, 1.807) is 0 Å². The fourth-order valence-electron chi connectivity index (χ4n) is 1.41. The van der Waals surface area contributed by atoms with Crippen molar-refractivity contribution in [3.63, 3.8) is 0 Å². The molecule has 0 spiro atoms. The number of anilines is 1. The van der Waals surface area contributed by atoms with Crippen LogP contribution in [-0.2, 0) is 0 Å². The Hall–Kier alpha value is -1.63. The van der Waals surface area contributed by atoms with E-state index < -0.39 is 0 Å². The molecule has 0 saturated carbocycles. The molecule has 7 heteroatoms. The number of nitrogens with two attached hydrogens (primary N) is 1. The zero-order chi connectivity index (χ0) is 14.3. The molecule has 0 atom stereocenters. The van der Waals surface area contributed by atoms with Crippen LogP contribution in [0.1, 0.15) is 53.3 Å². The molecule has 0 fully saturated rings. The van der Waals surface area contributed by atoms with Crippen LogP contribution in [0.2, 0.25) is 0 Å². The Morgan fingerprint density at radius 2 is 1.84 bits per heavy atom. The first-order valence-corrected chi connectivity index (χ1v) is 7.20. The van der Waals surface area contributed by atoms with Crippen molar-refractivity contribution in [3.8, 4) is 0 Å². The molecule has 0 aliphatic carbocycles. The van der Waals surface area contributed by atoms with Crippen molar-refractivity contribution in [2.24, 2.45) is 0 Å². The molecular formula is C12H20N4O2S. The summed E-state index contributed by atoms with van der Waals surface area (Å²) in [5, 5.41) is 5.44. The van der Waals surface area contributed by atoms with E-state index in [0.717, 1.165) is 30.8 Å². The highest BCUT2D eigenvalue weighted by Gasteiger charge is 2.21. The number of rotatable bonds is 7. The van der Waals surface area contributed by atoms with Gasteiger partial charge in [0.1, 0.15) is 4.88 Å². The van der Waals surface area contributed by atoms with Crippen molar-refractivity contribution in [2.45, 2.75) is 33.1 Å². The highest BCUT2D eigenvalue weighted by Crippen LogP contribution is 2.21. The third kappa shape index (κ3) is 4.20. The molecule has 0 aliphatic rings. The van der Waals surface area contributed by atoms with Crippen LogP contribution in [0.25, 0.3) is 0 Å². The second-order valence-electron chi connectivity index (χ2n) is 4.14. The van der Waals surface area contributed by atoms with Gasteiger partial charge in [0.25, 0.3) is 11.8 Å². The minimum Gasteiger partial charge on any atom is -0.395 e. The van der Waals surface area contributed by atoms with Crippen LogP contribution in [0.3, 0.4) is 0 Å². The van der Waals surface area contributed by atoms with Crippen LogP contribution < -0.4 is 16.4 Å². The lowest BCUT2D eigenvalue weighted by Gasteiger charge is -2.03. The van der Waals surface area contributed by atoms with E-state index in [9.17, 15) is 9.59 Å². The van der Waals surface area contributed by atoms with Gasteiger partial charge in [-0.1, -0.05) is 20.3 Å². The molecule has 1 heterocycles. The summed E-state index contributed by atoms with van der Waals surface area (Å²) < 4.78 is 3.96. The van der Waals surface area contributed by atoms with E-state index in [1.807, 2.05) is 13.8 Å². The largest absolute Gasteiger partial charge is 0.395 e. The lowest BCUT2D eigenvalue weighted by atomic mass is 10.2. The summed E-state index contributed by atoms with van der Waals surface area (Å²) in [7, 11) is 0. The Balaban J connectivity index is 2.69. The van der Waals surface area contributed by atoms with Crippen LogP contribution in [0.5, 0.6) is 0 Å². The van der Waals surface area contributed by atoms with Gasteiger partial charge in [0, 0.05) is 13.1 Å². The van der Waals surface area contributed by atoms with Gasteiger partial charge in [0.05, 0.1) is 5.69 Å². The van der Waals surface area contributed by atoms with Gasteiger partial charge in [-0.15, -0.1) is 0 Å².